The molecule has 0 bridgehead atoms. The number of aliphatic hydroxyl groups is 2. The number of unbranched alkanes of at least 4 members (excludes halogenated alkanes) is 8. The summed E-state index contributed by atoms with van der Waals surface area (Å²) in [6, 6.07) is 0. The third-order valence-electron chi connectivity index (χ3n) is 3.16. The minimum Gasteiger partial charge on any atom is -0.393 e. The molecule has 0 rings (SSSR count). The first-order valence-electron chi connectivity index (χ1n) is 6.95. The van der Waals surface area contributed by atoms with Crippen LogP contribution in [0.2, 0.25) is 0 Å². The predicted molar refractivity (Wildman–Crippen MR) is 69.6 cm³/mol. The molecule has 0 saturated heterocycles. The van der Waals surface area contributed by atoms with Gasteiger partial charge in [0.2, 0.25) is 0 Å². The molecule has 2 heteroatoms. The van der Waals surface area contributed by atoms with Gasteiger partial charge in [-0.2, -0.15) is 0 Å². The van der Waals surface area contributed by atoms with E-state index in [2.05, 4.69) is 6.92 Å². The van der Waals surface area contributed by atoms with E-state index in [-0.39, 0.29) is 6.61 Å². The Morgan fingerprint density at radius 3 is 1.69 bits per heavy atom. The Morgan fingerprint density at radius 1 is 0.812 bits per heavy atom. The maximum atomic E-state index is 9.57. The molecule has 0 aromatic rings. The Hall–Kier alpha value is -0.0800. The standard InChI is InChI=1S/C14H30O2/c1-3-4-5-6-7-8-9-10-11-12-14(2,16)13-15/h15-16H,3-13H2,1-2H3. The van der Waals surface area contributed by atoms with Gasteiger partial charge in [-0.3, -0.25) is 0 Å². The summed E-state index contributed by atoms with van der Waals surface area (Å²) in [7, 11) is 0. The average molecular weight is 230 g/mol. The van der Waals surface area contributed by atoms with E-state index in [1.807, 2.05) is 0 Å². The summed E-state index contributed by atoms with van der Waals surface area (Å²) in [5.74, 6) is 0. The number of hydrogen-bond donors (Lipinski definition) is 2. The summed E-state index contributed by atoms with van der Waals surface area (Å²) in [6.45, 7) is 3.83. The van der Waals surface area contributed by atoms with E-state index in [1.165, 1.54) is 51.4 Å². The van der Waals surface area contributed by atoms with Gasteiger partial charge in [-0.05, 0) is 13.3 Å². The lowest BCUT2D eigenvalue weighted by Crippen LogP contribution is -2.28. The SMILES string of the molecule is CCCCCCCCCCCC(C)(O)CO. The van der Waals surface area contributed by atoms with Gasteiger partial charge in [-0.15, -0.1) is 0 Å². The first kappa shape index (κ1) is 15.9. The fraction of sp³-hybridized carbons (Fsp3) is 1.00. The van der Waals surface area contributed by atoms with E-state index in [1.54, 1.807) is 6.92 Å². The van der Waals surface area contributed by atoms with Crippen LogP contribution in [0.1, 0.15) is 78.1 Å². The van der Waals surface area contributed by atoms with Gasteiger partial charge in [-0.25, -0.2) is 0 Å². The van der Waals surface area contributed by atoms with Crippen LogP contribution in [-0.2, 0) is 0 Å². The third kappa shape index (κ3) is 10.4. The van der Waals surface area contributed by atoms with Gasteiger partial charge < -0.3 is 10.2 Å². The fourth-order valence-electron chi connectivity index (χ4n) is 1.90. The topological polar surface area (TPSA) is 40.5 Å². The monoisotopic (exact) mass is 230 g/mol. The highest BCUT2D eigenvalue weighted by molar-refractivity contribution is 4.70. The van der Waals surface area contributed by atoms with Crippen LogP contribution in [0.15, 0.2) is 0 Å². The van der Waals surface area contributed by atoms with Crippen LogP contribution in [0.4, 0.5) is 0 Å². The van der Waals surface area contributed by atoms with Gasteiger partial charge in [0, 0.05) is 0 Å². The molecule has 0 aliphatic heterocycles. The zero-order valence-electron chi connectivity index (χ0n) is 11.2. The second kappa shape index (κ2) is 10.1. The van der Waals surface area contributed by atoms with Crippen molar-refractivity contribution in [3.8, 4) is 0 Å². The van der Waals surface area contributed by atoms with Crippen LogP contribution < -0.4 is 0 Å². The van der Waals surface area contributed by atoms with Crippen LogP contribution in [0.25, 0.3) is 0 Å². The summed E-state index contributed by atoms with van der Waals surface area (Å²) in [4.78, 5) is 0. The zero-order valence-corrected chi connectivity index (χ0v) is 11.2. The lowest BCUT2D eigenvalue weighted by Gasteiger charge is -2.19. The largest absolute Gasteiger partial charge is 0.393 e. The molecule has 0 saturated carbocycles. The molecule has 98 valence electrons. The van der Waals surface area contributed by atoms with E-state index >= 15 is 0 Å². The first-order valence-corrected chi connectivity index (χ1v) is 6.95. The van der Waals surface area contributed by atoms with Crippen molar-refractivity contribution in [2.75, 3.05) is 6.61 Å². The minimum absolute atomic E-state index is 0.121. The summed E-state index contributed by atoms with van der Waals surface area (Å²) in [5, 5.41) is 18.4. The molecule has 0 heterocycles. The van der Waals surface area contributed by atoms with Crippen molar-refractivity contribution < 1.29 is 10.2 Å². The Kier molecular flexibility index (Phi) is 10.0. The Labute approximate surface area is 101 Å². The maximum absolute atomic E-state index is 9.57. The molecule has 2 N–H and O–H groups in total. The quantitative estimate of drug-likeness (QED) is 0.532. The van der Waals surface area contributed by atoms with Crippen LogP contribution >= 0.6 is 0 Å². The molecule has 0 aromatic heterocycles. The van der Waals surface area contributed by atoms with E-state index in [0.717, 1.165) is 12.8 Å². The lowest BCUT2D eigenvalue weighted by atomic mass is 9.98. The van der Waals surface area contributed by atoms with Gasteiger partial charge in [0.25, 0.3) is 0 Å². The van der Waals surface area contributed by atoms with Crippen molar-refractivity contribution >= 4 is 0 Å². The Morgan fingerprint density at radius 2 is 1.25 bits per heavy atom. The molecule has 16 heavy (non-hydrogen) atoms. The molecule has 2 nitrogen and oxygen atoms in total. The van der Waals surface area contributed by atoms with Gasteiger partial charge in [-0.1, -0.05) is 64.7 Å². The van der Waals surface area contributed by atoms with E-state index in [0.29, 0.717) is 0 Å². The van der Waals surface area contributed by atoms with Gasteiger partial charge >= 0.3 is 0 Å². The van der Waals surface area contributed by atoms with Crippen molar-refractivity contribution in [2.45, 2.75) is 83.7 Å². The van der Waals surface area contributed by atoms with Gasteiger partial charge in [0.15, 0.2) is 0 Å². The van der Waals surface area contributed by atoms with Gasteiger partial charge in [0.05, 0.1) is 12.2 Å². The van der Waals surface area contributed by atoms with Crippen LogP contribution in [0.3, 0.4) is 0 Å². The van der Waals surface area contributed by atoms with Crippen LogP contribution in [0.5, 0.6) is 0 Å². The summed E-state index contributed by atoms with van der Waals surface area (Å²) < 4.78 is 0. The molecule has 1 unspecified atom stereocenters. The average Bonchev–Trinajstić information content (AvgIpc) is 2.27. The molecular formula is C14H30O2. The normalized spacial score (nSPS) is 15.0. The molecule has 0 spiro atoms. The zero-order chi connectivity index (χ0) is 12.3. The predicted octanol–water partition coefficient (Wildman–Crippen LogP) is 3.65. The van der Waals surface area contributed by atoms with Gasteiger partial charge in [0.1, 0.15) is 0 Å². The summed E-state index contributed by atoms with van der Waals surface area (Å²) in [6.07, 6.45) is 12.3. The lowest BCUT2D eigenvalue weighted by molar-refractivity contribution is -0.00695. The van der Waals surface area contributed by atoms with Crippen LogP contribution in [0, 0.1) is 0 Å². The second-order valence-electron chi connectivity index (χ2n) is 5.23. The van der Waals surface area contributed by atoms with E-state index < -0.39 is 5.60 Å². The van der Waals surface area contributed by atoms with Crippen molar-refractivity contribution in [3.63, 3.8) is 0 Å². The molecular weight excluding hydrogens is 200 g/mol. The highest BCUT2D eigenvalue weighted by Gasteiger charge is 2.17. The molecule has 0 aliphatic rings. The molecule has 0 aliphatic carbocycles. The third-order valence-corrected chi connectivity index (χ3v) is 3.16. The molecule has 1 atom stereocenters. The van der Waals surface area contributed by atoms with Crippen LogP contribution in [-0.4, -0.2) is 22.4 Å². The van der Waals surface area contributed by atoms with E-state index in [4.69, 9.17) is 5.11 Å². The number of hydrogen-bond acceptors (Lipinski definition) is 2. The van der Waals surface area contributed by atoms with Crippen molar-refractivity contribution in [1.82, 2.24) is 0 Å². The minimum atomic E-state index is -0.860. The highest BCUT2D eigenvalue weighted by atomic mass is 16.3. The molecule has 0 radical (unpaired) electrons. The summed E-state index contributed by atoms with van der Waals surface area (Å²) in [5.41, 5.74) is -0.860. The number of aliphatic hydroxyl groups excluding tert-OH is 1. The maximum Gasteiger partial charge on any atom is 0.0849 e. The fourth-order valence-corrected chi connectivity index (χ4v) is 1.90. The first-order chi connectivity index (χ1) is 7.62. The van der Waals surface area contributed by atoms with E-state index in [9.17, 15) is 5.11 Å². The van der Waals surface area contributed by atoms with Crippen molar-refractivity contribution in [3.05, 3.63) is 0 Å². The Balaban J connectivity index is 3.10. The molecule has 0 aromatic carbocycles. The smallest absolute Gasteiger partial charge is 0.0849 e. The second-order valence-corrected chi connectivity index (χ2v) is 5.23. The van der Waals surface area contributed by atoms with Crippen molar-refractivity contribution in [1.29, 1.82) is 0 Å². The highest BCUT2D eigenvalue weighted by Crippen LogP contribution is 2.15. The van der Waals surface area contributed by atoms with Crippen molar-refractivity contribution in [2.24, 2.45) is 0 Å². The molecule has 0 amide bonds. The summed E-state index contributed by atoms with van der Waals surface area (Å²) >= 11 is 0. The number of rotatable bonds is 11. The molecule has 0 fully saturated rings. The Bertz CT molecular complexity index is 144.